The molecule has 10 nitrogen and oxygen atoms in total. The van der Waals surface area contributed by atoms with Crippen LogP contribution in [-0.4, -0.2) is 68.8 Å². The molecule has 0 aliphatic rings. The molecule has 4 aromatic rings. The summed E-state index contributed by atoms with van der Waals surface area (Å²) in [4.78, 5) is -1.15. The van der Waals surface area contributed by atoms with Crippen LogP contribution in [0.3, 0.4) is 0 Å². The Morgan fingerprint density at radius 1 is 0.612 bits per heavy atom. The summed E-state index contributed by atoms with van der Waals surface area (Å²) in [6.45, 7) is 4.15. The fourth-order valence-corrected chi connectivity index (χ4v) is 6.77. The molecule has 0 saturated carbocycles. The number of unbranched alkanes of at least 4 members (excludes halogenated alkanes) is 6. The van der Waals surface area contributed by atoms with Gasteiger partial charge in [-0.15, -0.1) is 0 Å². The van der Waals surface area contributed by atoms with E-state index in [-0.39, 0.29) is 49.1 Å². The first kappa shape index (κ1) is 42.3. The molecule has 13 heteroatoms. The number of para-hydroxylation sites is 2. The zero-order valence-corrected chi connectivity index (χ0v) is 31.7. The zero-order valence-electron chi connectivity index (χ0n) is 27.8. The van der Waals surface area contributed by atoms with Crippen LogP contribution in [0.2, 0.25) is 0 Å². The van der Waals surface area contributed by atoms with E-state index in [9.17, 15) is 36.2 Å². The standard InChI is InChI=1S/2C18H22O5S.Ca/c2*1-2-3-4-8-11-15-17(23-14-9-6-5-7-10-14)13-12-16(19)18(15)24(20,21)22;/h2*5-7,9-10,12-13,19H,2-4,8,11H2,1H3,(H,20,21,22);/q;;+2/p-2. The Hall–Kier alpha value is -2.84. The van der Waals surface area contributed by atoms with Gasteiger partial charge in [0.2, 0.25) is 0 Å². The van der Waals surface area contributed by atoms with Crippen LogP contribution in [0.4, 0.5) is 0 Å². The SMILES string of the molecule is CCCCCCc1c(Oc2ccccc2)ccc(O)c1S(=O)(=O)O.CCCCCCc1c(Oc2ccccc2)ccc([O-])c1S(=O)(=O)[O-].[Ca+2]. The monoisotopic (exact) mass is 738 g/mol. The molecule has 49 heavy (non-hydrogen) atoms. The Morgan fingerprint density at radius 2 is 1.04 bits per heavy atom. The van der Waals surface area contributed by atoms with Crippen molar-refractivity contribution in [1.29, 1.82) is 0 Å². The van der Waals surface area contributed by atoms with Crippen LogP contribution in [0.15, 0.2) is 94.7 Å². The molecule has 0 amide bonds. The van der Waals surface area contributed by atoms with E-state index in [1.807, 2.05) is 12.1 Å². The number of phenols is 1. The molecule has 0 aromatic heterocycles. The van der Waals surface area contributed by atoms with Crippen molar-refractivity contribution in [3.63, 3.8) is 0 Å². The predicted molar refractivity (Wildman–Crippen MR) is 186 cm³/mol. The number of phenolic OH excluding ortho intramolecular Hbond substituents is 1. The van der Waals surface area contributed by atoms with Crippen LogP contribution in [0.1, 0.15) is 76.3 Å². The van der Waals surface area contributed by atoms with E-state index in [0.29, 0.717) is 42.1 Å². The van der Waals surface area contributed by atoms with Crippen molar-refractivity contribution in [2.75, 3.05) is 0 Å². The van der Waals surface area contributed by atoms with Gasteiger partial charge in [-0.05, 0) is 68.1 Å². The first-order valence-corrected chi connectivity index (χ1v) is 18.8. The van der Waals surface area contributed by atoms with Crippen molar-refractivity contribution in [3.8, 4) is 34.5 Å². The average molecular weight is 739 g/mol. The summed E-state index contributed by atoms with van der Waals surface area (Å²) in [5.41, 5.74) is 0.481. The molecule has 0 aliphatic carbocycles. The first-order chi connectivity index (χ1) is 22.9. The minimum atomic E-state index is -4.86. The molecule has 4 rings (SSSR count). The van der Waals surface area contributed by atoms with E-state index >= 15 is 0 Å². The van der Waals surface area contributed by atoms with Gasteiger partial charge < -0.3 is 24.2 Å². The van der Waals surface area contributed by atoms with Gasteiger partial charge in [0, 0.05) is 11.1 Å². The molecular weight excluding hydrogens is 697 g/mol. The number of rotatable bonds is 16. The first-order valence-electron chi connectivity index (χ1n) is 15.9. The summed E-state index contributed by atoms with van der Waals surface area (Å²) in [7, 11) is -9.42. The van der Waals surface area contributed by atoms with E-state index in [2.05, 4.69) is 13.8 Å². The Kier molecular flexibility index (Phi) is 17.9. The summed E-state index contributed by atoms with van der Waals surface area (Å²) in [5, 5.41) is 21.9. The molecular formula is C36H42CaO10S2. The summed E-state index contributed by atoms with van der Waals surface area (Å²) in [6, 6.07) is 23.0. The Morgan fingerprint density at radius 3 is 1.45 bits per heavy atom. The fourth-order valence-electron chi connectivity index (χ4n) is 5.10. The maximum absolute atomic E-state index is 11.9. The van der Waals surface area contributed by atoms with Crippen LogP contribution < -0.4 is 14.6 Å². The number of ether oxygens (including phenoxy) is 2. The number of hydrogen-bond acceptors (Lipinski definition) is 9. The molecule has 0 unspecified atom stereocenters. The maximum Gasteiger partial charge on any atom is 2.00 e. The van der Waals surface area contributed by atoms with Crippen molar-refractivity contribution in [2.24, 2.45) is 0 Å². The predicted octanol–water partition coefficient (Wildman–Crippen LogP) is 7.75. The van der Waals surface area contributed by atoms with Crippen molar-refractivity contribution >= 4 is 58.0 Å². The Balaban J connectivity index is 0.000000333. The fraction of sp³-hybridized carbons (Fsp3) is 0.333. The molecule has 0 bridgehead atoms. The van der Waals surface area contributed by atoms with E-state index in [4.69, 9.17) is 9.47 Å². The smallest absolute Gasteiger partial charge is 0.872 e. The molecule has 0 fully saturated rings. The van der Waals surface area contributed by atoms with E-state index in [0.717, 1.165) is 51.0 Å². The quantitative estimate of drug-likeness (QED) is 0.0657. The van der Waals surface area contributed by atoms with Gasteiger partial charge in [0.25, 0.3) is 10.1 Å². The second kappa shape index (κ2) is 20.7. The molecule has 0 radical (unpaired) electrons. The van der Waals surface area contributed by atoms with Gasteiger partial charge in [-0.1, -0.05) is 101 Å². The van der Waals surface area contributed by atoms with Crippen LogP contribution in [-0.2, 0) is 33.1 Å². The minimum Gasteiger partial charge on any atom is -0.872 e. The third-order valence-corrected chi connectivity index (χ3v) is 9.31. The summed E-state index contributed by atoms with van der Waals surface area (Å²) < 4.78 is 79.1. The molecule has 0 spiro atoms. The van der Waals surface area contributed by atoms with Crippen molar-refractivity contribution in [3.05, 3.63) is 96.1 Å². The van der Waals surface area contributed by atoms with Crippen molar-refractivity contribution in [2.45, 2.75) is 87.8 Å². The molecule has 0 aliphatic heterocycles. The van der Waals surface area contributed by atoms with Gasteiger partial charge in [-0.2, -0.15) is 8.42 Å². The van der Waals surface area contributed by atoms with Crippen LogP contribution >= 0.6 is 0 Å². The second-order valence-corrected chi connectivity index (χ2v) is 13.8. The topological polar surface area (TPSA) is 173 Å². The molecule has 0 saturated heterocycles. The van der Waals surface area contributed by atoms with Crippen LogP contribution in [0.25, 0.3) is 0 Å². The molecule has 260 valence electrons. The molecule has 4 aromatic carbocycles. The van der Waals surface area contributed by atoms with Gasteiger partial charge in [0.05, 0.1) is 4.90 Å². The van der Waals surface area contributed by atoms with Crippen LogP contribution in [0.5, 0.6) is 34.5 Å². The zero-order chi connectivity index (χ0) is 35.2. The van der Waals surface area contributed by atoms with Gasteiger partial charge in [0.15, 0.2) is 0 Å². The summed E-state index contributed by atoms with van der Waals surface area (Å²) in [5.74, 6) is 0.383. The molecule has 0 heterocycles. The summed E-state index contributed by atoms with van der Waals surface area (Å²) >= 11 is 0. The van der Waals surface area contributed by atoms with E-state index in [1.54, 1.807) is 48.5 Å². The largest absolute Gasteiger partial charge is 2.00 e. The Bertz CT molecular complexity index is 1680. The number of aromatic hydroxyl groups is 1. The van der Waals surface area contributed by atoms with Gasteiger partial charge >= 0.3 is 37.7 Å². The Labute approximate surface area is 319 Å². The summed E-state index contributed by atoms with van der Waals surface area (Å²) in [6.07, 6.45) is 8.09. The van der Waals surface area contributed by atoms with Crippen LogP contribution in [0, 0.1) is 0 Å². The average Bonchev–Trinajstić information content (AvgIpc) is 3.04. The van der Waals surface area contributed by atoms with Gasteiger partial charge in [-0.25, -0.2) is 8.42 Å². The molecule has 2 N–H and O–H groups in total. The number of benzene rings is 4. The van der Waals surface area contributed by atoms with E-state index < -0.39 is 41.5 Å². The maximum atomic E-state index is 11.9. The molecule has 0 atom stereocenters. The second-order valence-electron chi connectivity index (χ2n) is 11.1. The van der Waals surface area contributed by atoms with Crippen molar-refractivity contribution in [1.82, 2.24) is 0 Å². The van der Waals surface area contributed by atoms with Gasteiger partial charge in [0.1, 0.15) is 43.8 Å². The van der Waals surface area contributed by atoms with Crippen molar-refractivity contribution < 1.29 is 45.6 Å². The van der Waals surface area contributed by atoms with E-state index in [1.165, 1.54) is 18.2 Å². The third-order valence-electron chi connectivity index (χ3n) is 7.39. The minimum absolute atomic E-state index is 0. The van der Waals surface area contributed by atoms with Gasteiger partial charge in [-0.3, -0.25) is 4.55 Å². The normalized spacial score (nSPS) is 11.2. The number of hydrogen-bond donors (Lipinski definition) is 2. The third kappa shape index (κ3) is 13.4.